The molecule has 0 aliphatic rings. The summed E-state index contributed by atoms with van der Waals surface area (Å²) in [4.78, 5) is 0. The monoisotopic (exact) mass is 193 g/mol. The minimum Gasteiger partial charge on any atom is -0.418 e. The van der Waals surface area contributed by atoms with Crippen molar-refractivity contribution in [3.8, 4) is 0 Å². The number of benzene rings is 1. The fourth-order valence-corrected chi connectivity index (χ4v) is 1.77. The van der Waals surface area contributed by atoms with Crippen molar-refractivity contribution in [3.05, 3.63) is 30.3 Å². The summed E-state index contributed by atoms with van der Waals surface area (Å²) in [6, 6.07) is 10.2. The van der Waals surface area contributed by atoms with Crippen LogP contribution in [0.3, 0.4) is 0 Å². The van der Waals surface area contributed by atoms with Gasteiger partial charge >= 0.3 is 0 Å². The second-order valence-electron chi connectivity index (χ2n) is 2.79. The number of anilines is 1. The Kier molecular flexibility index (Phi) is 4.57. The van der Waals surface area contributed by atoms with Crippen LogP contribution >= 0.6 is 0 Å². The summed E-state index contributed by atoms with van der Waals surface area (Å²) >= 11 is 0. The van der Waals surface area contributed by atoms with Crippen LogP contribution in [-0.2, 0) is 4.43 Å². The van der Waals surface area contributed by atoms with E-state index < -0.39 is 0 Å². The summed E-state index contributed by atoms with van der Waals surface area (Å²) in [6.45, 7) is 2.16. The molecule has 3 heteroatoms. The van der Waals surface area contributed by atoms with Crippen LogP contribution in [0, 0.1) is 0 Å². The number of para-hydroxylation sites is 1. The first kappa shape index (κ1) is 10.3. The molecule has 1 aromatic rings. The summed E-state index contributed by atoms with van der Waals surface area (Å²) in [5, 5.41) is 3.42. The second kappa shape index (κ2) is 5.78. The third-order valence-electron chi connectivity index (χ3n) is 1.78. The Hall–Kier alpha value is -0.803. The fraction of sp³-hybridized carbons (Fsp3) is 0.400. The Morgan fingerprint density at radius 3 is 2.62 bits per heavy atom. The van der Waals surface area contributed by atoms with E-state index >= 15 is 0 Å². The molecule has 0 bridgehead atoms. The van der Waals surface area contributed by atoms with E-state index in [0.717, 1.165) is 6.42 Å². The van der Waals surface area contributed by atoms with E-state index in [2.05, 4.69) is 24.4 Å². The Morgan fingerprint density at radius 1 is 1.38 bits per heavy atom. The van der Waals surface area contributed by atoms with Crippen molar-refractivity contribution in [2.75, 3.05) is 12.4 Å². The molecule has 1 aromatic carbocycles. The maximum atomic E-state index is 5.13. The lowest BCUT2D eigenvalue weighted by atomic mass is 10.3. The molecule has 0 amide bonds. The lowest BCUT2D eigenvalue weighted by Crippen LogP contribution is -2.26. The Labute approximate surface area is 82.3 Å². The molecule has 0 aliphatic heterocycles. The zero-order valence-corrected chi connectivity index (χ0v) is 9.08. The summed E-state index contributed by atoms with van der Waals surface area (Å²) in [5.41, 5.74) is 1.60. The molecule has 2 nitrogen and oxygen atoms in total. The van der Waals surface area contributed by atoms with Gasteiger partial charge < -0.3 is 9.74 Å². The van der Waals surface area contributed by atoms with Crippen molar-refractivity contribution in [2.24, 2.45) is 0 Å². The molecule has 0 aliphatic carbocycles. The van der Waals surface area contributed by atoms with Crippen molar-refractivity contribution >= 4 is 15.5 Å². The molecule has 0 heterocycles. The van der Waals surface area contributed by atoms with E-state index in [0.29, 0.717) is 15.4 Å². The summed E-state index contributed by atoms with van der Waals surface area (Å²) in [7, 11) is 2.26. The van der Waals surface area contributed by atoms with Gasteiger partial charge in [0.2, 0.25) is 0 Å². The molecule has 0 aromatic heterocycles. The lowest BCUT2D eigenvalue weighted by Gasteiger charge is -2.15. The summed E-state index contributed by atoms with van der Waals surface area (Å²) in [5.74, 6) is 0. The normalized spacial score (nSPS) is 12.5. The second-order valence-corrected chi connectivity index (χ2v) is 4.13. The van der Waals surface area contributed by atoms with Gasteiger partial charge in [-0.3, -0.25) is 0 Å². The van der Waals surface area contributed by atoms with Crippen LogP contribution in [0.4, 0.5) is 5.69 Å². The fourth-order valence-electron chi connectivity index (χ4n) is 1.09. The van der Waals surface area contributed by atoms with Gasteiger partial charge in [-0.25, -0.2) is 0 Å². The molecular weight excluding hydrogens is 178 g/mol. The zero-order chi connectivity index (χ0) is 9.52. The van der Waals surface area contributed by atoms with Crippen LogP contribution in [0.15, 0.2) is 30.3 Å². The lowest BCUT2D eigenvalue weighted by molar-refractivity contribution is 0.432. The minimum atomic E-state index is 0.437. The highest BCUT2D eigenvalue weighted by Gasteiger charge is 2.06. The van der Waals surface area contributed by atoms with Crippen LogP contribution in [0.25, 0.3) is 0 Å². The van der Waals surface area contributed by atoms with E-state index in [9.17, 15) is 0 Å². The molecule has 0 spiro atoms. The van der Waals surface area contributed by atoms with Crippen molar-refractivity contribution in [2.45, 2.75) is 19.0 Å². The van der Waals surface area contributed by atoms with Gasteiger partial charge in [0.1, 0.15) is 0 Å². The van der Waals surface area contributed by atoms with E-state index in [4.69, 9.17) is 4.43 Å². The highest BCUT2D eigenvalue weighted by molar-refractivity contribution is 6.30. The molecule has 0 saturated heterocycles. The van der Waals surface area contributed by atoms with Gasteiger partial charge in [0.05, 0.1) is 0 Å². The zero-order valence-electron chi connectivity index (χ0n) is 8.08. The van der Waals surface area contributed by atoms with Gasteiger partial charge in [0.15, 0.2) is 0 Å². The number of hydrogen-bond acceptors (Lipinski definition) is 2. The number of hydrogen-bond donors (Lipinski definition) is 1. The summed E-state index contributed by atoms with van der Waals surface area (Å²) < 4.78 is 5.13. The third-order valence-corrected chi connectivity index (χ3v) is 2.86. The van der Waals surface area contributed by atoms with Gasteiger partial charge in [-0.05, 0) is 18.6 Å². The van der Waals surface area contributed by atoms with E-state index in [1.165, 1.54) is 5.69 Å². The van der Waals surface area contributed by atoms with Gasteiger partial charge in [0, 0.05) is 18.5 Å². The first-order chi connectivity index (χ1) is 6.36. The molecule has 1 rings (SSSR count). The quantitative estimate of drug-likeness (QED) is 0.723. The van der Waals surface area contributed by atoms with Gasteiger partial charge in [0.25, 0.3) is 9.76 Å². The molecule has 13 heavy (non-hydrogen) atoms. The van der Waals surface area contributed by atoms with Crippen LogP contribution in [0.1, 0.15) is 13.3 Å². The van der Waals surface area contributed by atoms with Crippen molar-refractivity contribution in [3.63, 3.8) is 0 Å². The molecule has 1 unspecified atom stereocenters. The van der Waals surface area contributed by atoms with E-state index in [1.807, 2.05) is 18.2 Å². The average Bonchev–Trinajstić information content (AvgIpc) is 2.19. The highest BCUT2D eigenvalue weighted by atomic mass is 28.2. The molecule has 0 saturated carbocycles. The van der Waals surface area contributed by atoms with Crippen LogP contribution in [0.2, 0.25) is 0 Å². The number of rotatable bonds is 5. The summed E-state index contributed by atoms with van der Waals surface area (Å²) in [6.07, 6.45) is 1.08. The highest BCUT2D eigenvalue weighted by Crippen LogP contribution is 2.07. The standard InChI is InChI=1S/C10H15NOSi/c1-3-10(13-12-2)11-9-7-5-4-6-8-9/h4-8,10-11H,3H2,1-2H3. The SMILES string of the molecule is CCC(Nc1ccccc1)[Si]OC. The molecule has 1 atom stereocenters. The van der Waals surface area contributed by atoms with Crippen molar-refractivity contribution in [1.29, 1.82) is 0 Å². The Morgan fingerprint density at radius 2 is 2.08 bits per heavy atom. The largest absolute Gasteiger partial charge is 0.418 e. The molecule has 1 N–H and O–H groups in total. The number of nitrogens with one attached hydrogen (secondary N) is 1. The van der Waals surface area contributed by atoms with Gasteiger partial charge in [-0.2, -0.15) is 0 Å². The molecular formula is C10H15NOSi. The smallest absolute Gasteiger partial charge is 0.253 e. The molecule has 0 fully saturated rings. The van der Waals surface area contributed by atoms with Crippen molar-refractivity contribution in [1.82, 2.24) is 0 Å². The van der Waals surface area contributed by atoms with E-state index in [1.54, 1.807) is 7.11 Å². The predicted molar refractivity (Wildman–Crippen MR) is 56.9 cm³/mol. The molecule has 70 valence electrons. The third kappa shape index (κ3) is 3.61. The van der Waals surface area contributed by atoms with Gasteiger partial charge in [-0.15, -0.1) is 0 Å². The maximum Gasteiger partial charge on any atom is 0.253 e. The predicted octanol–water partition coefficient (Wildman–Crippen LogP) is 2.10. The Bertz CT molecular complexity index is 228. The molecule has 2 radical (unpaired) electrons. The average molecular weight is 193 g/mol. The van der Waals surface area contributed by atoms with Crippen molar-refractivity contribution < 1.29 is 4.43 Å². The topological polar surface area (TPSA) is 21.3 Å². The Balaban J connectivity index is 2.46. The first-order valence-electron chi connectivity index (χ1n) is 4.47. The maximum absolute atomic E-state index is 5.13. The van der Waals surface area contributed by atoms with Crippen LogP contribution in [0.5, 0.6) is 0 Å². The first-order valence-corrected chi connectivity index (χ1v) is 5.45. The van der Waals surface area contributed by atoms with Crippen LogP contribution < -0.4 is 5.32 Å². The van der Waals surface area contributed by atoms with E-state index in [-0.39, 0.29) is 0 Å². The van der Waals surface area contributed by atoms with Crippen LogP contribution in [-0.4, -0.2) is 22.5 Å². The van der Waals surface area contributed by atoms with Gasteiger partial charge in [-0.1, -0.05) is 25.1 Å². The minimum absolute atomic E-state index is 0.437.